The van der Waals surface area contributed by atoms with Crippen molar-refractivity contribution in [3.05, 3.63) is 59.7 Å². The molecule has 0 spiro atoms. The second kappa shape index (κ2) is 10.8. The number of nitrogens with zero attached hydrogens (tertiary/aromatic N) is 1. The SMILES string of the molecule is CC[C@@H](C)[C@@H](NC(=O)c1ccccc1NC(=O)c1ccc(OC)cc1)C(=O)N1CCCC1. The minimum absolute atomic E-state index is 0.00639. The summed E-state index contributed by atoms with van der Waals surface area (Å²) in [7, 11) is 1.56. The van der Waals surface area contributed by atoms with Crippen LogP contribution in [0.2, 0.25) is 0 Å². The number of ether oxygens (including phenoxy) is 1. The van der Waals surface area contributed by atoms with Crippen molar-refractivity contribution >= 4 is 23.4 Å². The lowest BCUT2D eigenvalue weighted by molar-refractivity contribution is -0.133. The summed E-state index contributed by atoms with van der Waals surface area (Å²) in [5.41, 5.74) is 1.15. The zero-order valence-corrected chi connectivity index (χ0v) is 18.9. The molecule has 2 aromatic rings. The fraction of sp³-hybridized carbons (Fsp3) is 0.400. The number of para-hydroxylation sites is 1. The number of carbonyl (C=O) groups excluding carboxylic acids is 3. The third kappa shape index (κ3) is 5.46. The van der Waals surface area contributed by atoms with E-state index >= 15 is 0 Å². The molecule has 2 N–H and O–H groups in total. The number of hydrogen-bond donors (Lipinski definition) is 2. The van der Waals surface area contributed by atoms with Crippen LogP contribution in [0, 0.1) is 5.92 Å². The lowest BCUT2D eigenvalue weighted by atomic mass is 9.97. The predicted molar refractivity (Wildman–Crippen MR) is 124 cm³/mol. The van der Waals surface area contributed by atoms with E-state index in [0.717, 1.165) is 32.4 Å². The summed E-state index contributed by atoms with van der Waals surface area (Å²) in [4.78, 5) is 40.7. The molecule has 1 aliphatic heterocycles. The highest BCUT2D eigenvalue weighted by molar-refractivity contribution is 6.09. The number of nitrogens with one attached hydrogen (secondary N) is 2. The summed E-state index contributed by atoms with van der Waals surface area (Å²) in [6.45, 7) is 5.44. The van der Waals surface area contributed by atoms with Gasteiger partial charge in [-0.25, -0.2) is 0 Å². The van der Waals surface area contributed by atoms with Crippen molar-refractivity contribution in [2.75, 3.05) is 25.5 Å². The van der Waals surface area contributed by atoms with Crippen LogP contribution >= 0.6 is 0 Å². The summed E-state index contributed by atoms with van der Waals surface area (Å²) in [6.07, 6.45) is 2.75. The van der Waals surface area contributed by atoms with E-state index in [4.69, 9.17) is 4.74 Å². The van der Waals surface area contributed by atoms with Crippen molar-refractivity contribution in [1.82, 2.24) is 10.2 Å². The third-order valence-corrected chi connectivity index (χ3v) is 5.96. The Balaban J connectivity index is 1.77. The van der Waals surface area contributed by atoms with Crippen molar-refractivity contribution < 1.29 is 19.1 Å². The highest BCUT2D eigenvalue weighted by Gasteiger charge is 2.32. The van der Waals surface area contributed by atoms with Gasteiger partial charge in [-0.1, -0.05) is 32.4 Å². The quantitative estimate of drug-likeness (QED) is 0.659. The maximum absolute atomic E-state index is 13.2. The van der Waals surface area contributed by atoms with Crippen LogP contribution in [0.1, 0.15) is 53.8 Å². The first-order valence-electron chi connectivity index (χ1n) is 11.1. The van der Waals surface area contributed by atoms with Crippen LogP contribution < -0.4 is 15.4 Å². The smallest absolute Gasteiger partial charge is 0.255 e. The molecule has 7 nitrogen and oxygen atoms in total. The summed E-state index contributed by atoms with van der Waals surface area (Å²) in [6, 6.07) is 12.9. The Morgan fingerprint density at radius 2 is 1.66 bits per heavy atom. The first-order chi connectivity index (χ1) is 15.4. The molecular weight excluding hydrogens is 406 g/mol. The monoisotopic (exact) mass is 437 g/mol. The number of rotatable bonds is 8. The molecule has 2 aromatic carbocycles. The average molecular weight is 438 g/mol. The van der Waals surface area contributed by atoms with E-state index in [1.807, 2.05) is 18.7 Å². The summed E-state index contributed by atoms with van der Waals surface area (Å²) in [5, 5.41) is 5.74. The van der Waals surface area contributed by atoms with Crippen molar-refractivity contribution in [3.63, 3.8) is 0 Å². The van der Waals surface area contributed by atoms with Crippen LogP contribution in [0.15, 0.2) is 48.5 Å². The van der Waals surface area contributed by atoms with Crippen molar-refractivity contribution in [2.24, 2.45) is 5.92 Å². The largest absolute Gasteiger partial charge is 0.497 e. The highest BCUT2D eigenvalue weighted by atomic mass is 16.5. The molecular formula is C25H31N3O4. The molecule has 3 amide bonds. The zero-order chi connectivity index (χ0) is 23.1. The Bertz CT molecular complexity index is 952. The summed E-state index contributed by atoms with van der Waals surface area (Å²) >= 11 is 0. The van der Waals surface area contributed by atoms with Crippen LogP contribution in [0.5, 0.6) is 5.75 Å². The van der Waals surface area contributed by atoms with Gasteiger partial charge in [0.25, 0.3) is 11.8 Å². The average Bonchev–Trinajstić information content (AvgIpc) is 3.37. The molecule has 1 heterocycles. The molecule has 0 radical (unpaired) electrons. The van der Waals surface area contributed by atoms with Gasteiger partial charge in [0.05, 0.1) is 18.4 Å². The minimum Gasteiger partial charge on any atom is -0.497 e. The molecule has 0 saturated carbocycles. The summed E-state index contributed by atoms with van der Waals surface area (Å²) < 4.78 is 5.12. The maximum Gasteiger partial charge on any atom is 0.255 e. The van der Waals surface area contributed by atoms with Crippen LogP contribution in [-0.2, 0) is 4.79 Å². The van der Waals surface area contributed by atoms with E-state index in [9.17, 15) is 14.4 Å². The van der Waals surface area contributed by atoms with Gasteiger partial charge < -0.3 is 20.3 Å². The van der Waals surface area contributed by atoms with Gasteiger partial charge in [0.2, 0.25) is 5.91 Å². The van der Waals surface area contributed by atoms with E-state index < -0.39 is 6.04 Å². The fourth-order valence-electron chi connectivity index (χ4n) is 3.76. The van der Waals surface area contributed by atoms with E-state index in [1.54, 1.807) is 55.6 Å². The van der Waals surface area contributed by atoms with Gasteiger partial charge in [-0.05, 0) is 55.2 Å². The second-order valence-corrected chi connectivity index (χ2v) is 8.10. The molecule has 1 saturated heterocycles. The maximum atomic E-state index is 13.2. The Hall–Kier alpha value is -3.35. The lowest BCUT2D eigenvalue weighted by Crippen LogP contribution is -2.51. The number of hydrogen-bond acceptors (Lipinski definition) is 4. The Morgan fingerprint density at radius 1 is 1.00 bits per heavy atom. The molecule has 0 bridgehead atoms. The van der Waals surface area contributed by atoms with Crippen LogP contribution in [0.3, 0.4) is 0 Å². The zero-order valence-electron chi connectivity index (χ0n) is 18.9. The number of likely N-dealkylation sites (tertiary alicyclic amines) is 1. The molecule has 32 heavy (non-hydrogen) atoms. The van der Waals surface area contributed by atoms with Crippen LogP contribution in [0.4, 0.5) is 5.69 Å². The van der Waals surface area contributed by atoms with Crippen LogP contribution in [0.25, 0.3) is 0 Å². The molecule has 0 aromatic heterocycles. The molecule has 1 fully saturated rings. The minimum atomic E-state index is -0.601. The van der Waals surface area contributed by atoms with Gasteiger partial charge in [0.1, 0.15) is 11.8 Å². The Kier molecular flexibility index (Phi) is 7.87. The van der Waals surface area contributed by atoms with E-state index in [-0.39, 0.29) is 23.6 Å². The Labute approximate surface area is 189 Å². The highest BCUT2D eigenvalue weighted by Crippen LogP contribution is 2.20. The number of carbonyl (C=O) groups is 3. The number of benzene rings is 2. The third-order valence-electron chi connectivity index (χ3n) is 5.96. The molecule has 1 aliphatic rings. The van der Waals surface area contributed by atoms with Gasteiger partial charge in [-0.3, -0.25) is 14.4 Å². The first kappa shape index (κ1) is 23.3. The number of anilines is 1. The van der Waals surface area contributed by atoms with E-state index in [1.165, 1.54) is 0 Å². The second-order valence-electron chi connectivity index (χ2n) is 8.10. The van der Waals surface area contributed by atoms with Gasteiger partial charge in [0.15, 0.2) is 0 Å². The van der Waals surface area contributed by atoms with Crippen molar-refractivity contribution in [2.45, 2.75) is 39.2 Å². The molecule has 3 rings (SSSR count). The van der Waals surface area contributed by atoms with Gasteiger partial charge >= 0.3 is 0 Å². The first-order valence-corrected chi connectivity index (χ1v) is 11.1. The Morgan fingerprint density at radius 3 is 2.28 bits per heavy atom. The summed E-state index contributed by atoms with van der Waals surface area (Å²) in [5.74, 6) is -0.105. The van der Waals surface area contributed by atoms with E-state index in [0.29, 0.717) is 22.6 Å². The molecule has 0 unspecified atom stereocenters. The lowest BCUT2D eigenvalue weighted by Gasteiger charge is -2.28. The fourth-order valence-corrected chi connectivity index (χ4v) is 3.76. The molecule has 2 atom stereocenters. The predicted octanol–water partition coefficient (Wildman–Crippen LogP) is 3.71. The van der Waals surface area contributed by atoms with Crippen molar-refractivity contribution in [1.29, 1.82) is 0 Å². The van der Waals surface area contributed by atoms with Crippen LogP contribution in [-0.4, -0.2) is 48.9 Å². The molecule has 170 valence electrons. The topological polar surface area (TPSA) is 87.7 Å². The van der Waals surface area contributed by atoms with Gasteiger partial charge in [-0.2, -0.15) is 0 Å². The van der Waals surface area contributed by atoms with E-state index in [2.05, 4.69) is 10.6 Å². The standard InChI is InChI=1S/C25H31N3O4/c1-4-17(2)22(25(31)28-15-7-8-16-28)27-24(30)20-9-5-6-10-21(20)26-23(29)18-11-13-19(32-3)14-12-18/h5-6,9-14,17,22H,4,7-8,15-16H2,1-3H3,(H,26,29)(H,27,30)/t17-,22-/m1/s1. The van der Waals surface area contributed by atoms with Gasteiger partial charge in [-0.15, -0.1) is 0 Å². The van der Waals surface area contributed by atoms with Gasteiger partial charge in [0, 0.05) is 18.7 Å². The molecule has 7 heteroatoms. The van der Waals surface area contributed by atoms with Crippen molar-refractivity contribution in [3.8, 4) is 5.75 Å². The number of methoxy groups -OCH3 is 1. The number of amides is 3. The molecule has 0 aliphatic carbocycles. The normalized spacial score (nSPS) is 15.0.